The summed E-state index contributed by atoms with van der Waals surface area (Å²) >= 11 is 5.73. The molecule has 1 fully saturated rings. The van der Waals surface area contributed by atoms with E-state index in [1.54, 1.807) is 12.4 Å². The molecular weight excluding hydrogens is 198 g/mol. The van der Waals surface area contributed by atoms with E-state index >= 15 is 0 Å². The van der Waals surface area contributed by atoms with Crippen LogP contribution in [0.3, 0.4) is 0 Å². The molecule has 2 rings (SSSR count). The Labute approximate surface area is 89.1 Å². The lowest BCUT2D eigenvalue weighted by Crippen LogP contribution is -2.33. The quantitative estimate of drug-likeness (QED) is 0.714. The zero-order chi connectivity index (χ0) is 9.97. The van der Waals surface area contributed by atoms with Gasteiger partial charge in [-0.25, -0.2) is 9.97 Å². The number of hydrogen-bond donors (Lipinski definition) is 0. The molecule has 1 aromatic heterocycles. The molecule has 1 aromatic rings. The number of rotatable bonds is 1. The van der Waals surface area contributed by atoms with Crippen molar-refractivity contribution in [1.29, 1.82) is 0 Å². The van der Waals surface area contributed by atoms with Crippen LogP contribution in [0.4, 0.5) is 5.95 Å². The van der Waals surface area contributed by atoms with Gasteiger partial charge in [0, 0.05) is 13.1 Å². The summed E-state index contributed by atoms with van der Waals surface area (Å²) in [5.74, 6) is 1.64. The van der Waals surface area contributed by atoms with Crippen molar-refractivity contribution in [2.75, 3.05) is 18.0 Å². The third-order valence-corrected chi connectivity index (χ3v) is 2.87. The highest BCUT2D eigenvalue weighted by Gasteiger charge is 2.17. The Kier molecular flexibility index (Phi) is 2.87. The van der Waals surface area contributed by atoms with Crippen molar-refractivity contribution < 1.29 is 0 Å². The molecule has 0 atom stereocenters. The molecule has 0 spiro atoms. The first kappa shape index (κ1) is 9.71. The molecule has 0 saturated carbocycles. The summed E-state index contributed by atoms with van der Waals surface area (Å²) in [4.78, 5) is 10.6. The van der Waals surface area contributed by atoms with Gasteiger partial charge in [-0.3, -0.25) is 0 Å². The third kappa shape index (κ3) is 2.15. The highest BCUT2D eigenvalue weighted by atomic mass is 35.5. The lowest BCUT2D eigenvalue weighted by Gasteiger charge is -2.30. The highest BCUT2D eigenvalue weighted by Crippen LogP contribution is 2.19. The topological polar surface area (TPSA) is 29.0 Å². The van der Waals surface area contributed by atoms with E-state index in [0.717, 1.165) is 25.0 Å². The normalized spacial score (nSPS) is 18.6. The summed E-state index contributed by atoms with van der Waals surface area (Å²) in [5, 5.41) is 0.596. The maximum Gasteiger partial charge on any atom is 0.225 e. The predicted octanol–water partition coefficient (Wildman–Crippen LogP) is 2.37. The first-order valence-corrected chi connectivity index (χ1v) is 5.36. The zero-order valence-electron chi connectivity index (χ0n) is 8.28. The molecule has 0 unspecified atom stereocenters. The van der Waals surface area contributed by atoms with Crippen molar-refractivity contribution >= 4 is 17.5 Å². The van der Waals surface area contributed by atoms with E-state index in [0.29, 0.717) is 5.02 Å². The minimum Gasteiger partial charge on any atom is -0.341 e. The third-order valence-electron chi connectivity index (χ3n) is 2.67. The van der Waals surface area contributed by atoms with Crippen LogP contribution in [0.5, 0.6) is 0 Å². The summed E-state index contributed by atoms with van der Waals surface area (Å²) in [7, 11) is 0. The lowest BCUT2D eigenvalue weighted by atomic mass is 10.00. The summed E-state index contributed by atoms with van der Waals surface area (Å²) in [6.07, 6.45) is 5.77. The molecule has 4 heteroatoms. The SMILES string of the molecule is CC1CCN(c2ncc(Cl)cn2)CC1. The molecule has 1 aliphatic rings. The summed E-state index contributed by atoms with van der Waals surface area (Å²) in [5.41, 5.74) is 0. The number of halogens is 1. The smallest absolute Gasteiger partial charge is 0.225 e. The molecule has 1 saturated heterocycles. The van der Waals surface area contributed by atoms with Crippen molar-refractivity contribution in [3.8, 4) is 0 Å². The van der Waals surface area contributed by atoms with Crippen molar-refractivity contribution in [1.82, 2.24) is 9.97 Å². The van der Waals surface area contributed by atoms with E-state index in [1.807, 2.05) is 0 Å². The van der Waals surface area contributed by atoms with Crippen LogP contribution in [-0.4, -0.2) is 23.1 Å². The van der Waals surface area contributed by atoms with Gasteiger partial charge in [0.2, 0.25) is 5.95 Å². The van der Waals surface area contributed by atoms with Crippen molar-refractivity contribution in [3.63, 3.8) is 0 Å². The van der Waals surface area contributed by atoms with E-state index in [-0.39, 0.29) is 0 Å². The van der Waals surface area contributed by atoms with E-state index < -0.39 is 0 Å². The second kappa shape index (κ2) is 4.13. The Morgan fingerprint density at radius 2 is 1.86 bits per heavy atom. The average Bonchev–Trinajstić information content (AvgIpc) is 2.21. The van der Waals surface area contributed by atoms with Crippen LogP contribution in [0.2, 0.25) is 5.02 Å². The molecule has 0 amide bonds. The fourth-order valence-corrected chi connectivity index (χ4v) is 1.77. The van der Waals surface area contributed by atoms with Crippen LogP contribution in [-0.2, 0) is 0 Å². The minimum atomic E-state index is 0.596. The Morgan fingerprint density at radius 1 is 1.29 bits per heavy atom. The molecule has 0 bridgehead atoms. The number of aromatic nitrogens is 2. The summed E-state index contributed by atoms with van der Waals surface area (Å²) in [6.45, 7) is 4.41. The van der Waals surface area contributed by atoms with Crippen LogP contribution in [0.25, 0.3) is 0 Å². The van der Waals surface area contributed by atoms with Crippen LogP contribution in [0.15, 0.2) is 12.4 Å². The van der Waals surface area contributed by atoms with E-state index in [1.165, 1.54) is 12.8 Å². The van der Waals surface area contributed by atoms with Gasteiger partial charge in [0.1, 0.15) is 0 Å². The first-order chi connectivity index (χ1) is 6.75. The van der Waals surface area contributed by atoms with Gasteiger partial charge in [-0.1, -0.05) is 18.5 Å². The van der Waals surface area contributed by atoms with Gasteiger partial charge in [0.05, 0.1) is 17.4 Å². The number of nitrogens with zero attached hydrogens (tertiary/aromatic N) is 3. The van der Waals surface area contributed by atoms with Crippen molar-refractivity contribution in [2.24, 2.45) is 5.92 Å². The predicted molar refractivity (Wildman–Crippen MR) is 57.7 cm³/mol. The van der Waals surface area contributed by atoms with Gasteiger partial charge in [-0.05, 0) is 18.8 Å². The van der Waals surface area contributed by atoms with E-state index in [2.05, 4.69) is 21.8 Å². The van der Waals surface area contributed by atoms with Gasteiger partial charge in [0.25, 0.3) is 0 Å². The number of piperidine rings is 1. The van der Waals surface area contributed by atoms with Crippen LogP contribution >= 0.6 is 11.6 Å². The number of hydrogen-bond acceptors (Lipinski definition) is 3. The van der Waals surface area contributed by atoms with Gasteiger partial charge >= 0.3 is 0 Å². The Hall–Kier alpha value is -0.830. The molecule has 0 aliphatic carbocycles. The van der Waals surface area contributed by atoms with Gasteiger partial charge < -0.3 is 4.90 Å². The first-order valence-electron chi connectivity index (χ1n) is 4.98. The van der Waals surface area contributed by atoms with E-state index in [4.69, 9.17) is 11.6 Å². The van der Waals surface area contributed by atoms with Crippen molar-refractivity contribution in [3.05, 3.63) is 17.4 Å². The number of anilines is 1. The van der Waals surface area contributed by atoms with Gasteiger partial charge in [0.15, 0.2) is 0 Å². The second-order valence-electron chi connectivity index (χ2n) is 3.87. The molecule has 3 nitrogen and oxygen atoms in total. The summed E-state index contributed by atoms with van der Waals surface area (Å²) in [6, 6.07) is 0. The fourth-order valence-electron chi connectivity index (χ4n) is 1.68. The Bertz CT molecular complexity index is 291. The molecule has 2 heterocycles. The molecule has 14 heavy (non-hydrogen) atoms. The molecule has 0 radical (unpaired) electrons. The highest BCUT2D eigenvalue weighted by molar-refractivity contribution is 6.30. The fraction of sp³-hybridized carbons (Fsp3) is 0.600. The van der Waals surface area contributed by atoms with E-state index in [9.17, 15) is 0 Å². The Balaban J connectivity index is 2.05. The molecule has 0 N–H and O–H groups in total. The summed E-state index contributed by atoms with van der Waals surface area (Å²) < 4.78 is 0. The molecular formula is C10H14ClN3. The Morgan fingerprint density at radius 3 is 2.43 bits per heavy atom. The minimum absolute atomic E-state index is 0.596. The lowest BCUT2D eigenvalue weighted by molar-refractivity contribution is 0.434. The zero-order valence-corrected chi connectivity index (χ0v) is 9.04. The van der Waals surface area contributed by atoms with Crippen LogP contribution in [0.1, 0.15) is 19.8 Å². The van der Waals surface area contributed by atoms with Gasteiger partial charge in [-0.2, -0.15) is 0 Å². The largest absolute Gasteiger partial charge is 0.341 e. The van der Waals surface area contributed by atoms with Crippen molar-refractivity contribution in [2.45, 2.75) is 19.8 Å². The average molecular weight is 212 g/mol. The monoisotopic (exact) mass is 211 g/mol. The molecule has 76 valence electrons. The molecule has 1 aliphatic heterocycles. The maximum atomic E-state index is 5.73. The van der Waals surface area contributed by atoms with Crippen LogP contribution in [0, 0.1) is 5.92 Å². The molecule has 0 aromatic carbocycles. The standard InChI is InChI=1S/C10H14ClN3/c1-8-2-4-14(5-3-8)10-12-6-9(11)7-13-10/h6-8H,2-5H2,1H3. The van der Waals surface area contributed by atoms with Crippen LogP contribution < -0.4 is 4.90 Å². The van der Waals surface area contributed by atoms with Gasteiger partial charge in [-0.15, -0.1) is 0 Å². The maximum absolute atomic E-state index is 5.73. The second-order valence-corrected chi connectivity index (χ2v) is 4.31.